The second-order valence-electron chi connectivity index (χ2n) is 6.12. The van der Waals surface area contributed by atoms with Gasteiger partial charge in [-0.3, -0.25) is 4.99 Å². The standard InChI is InChI=1S/C17H35N7/c1-5-23(6-2)13-9-10-16(3)22-17(18-4)19-11-7-8-12-24-14-20-21-15-24/h14-16H,5-13H2,1-4H3,(H2,18,19,22). The Hall–Kier alpha value is -1.63. The summed E-state index contributed by atoms with van der Waals surface area (Å²) >= 11 is 0. The van der Waals surface area contributed by atoms with Crippen LogP contribution < -0.4 is 10.6 Å². The molecule has 0 saturated carbocycles. The number of guanidine groups is 1. The Labute approximate surface area is 146 Å². The predicted molar refractivity (Wildman–Crippen MR) is 100 cm³/mol. The van der Waals surface area contributed by atoms with E-state index in [4.69, 9.17) is 0 Å². The molecule has 0 aromatic carbocycles. The molecule has 0 spiro atoms. The summed E-state index contributed by atoms with van der Waals surface area (Å²) in [5, 5.41) is 14.5. The van der Waals surface area contributed by atoms with Crippen LogP contribution in [0.2, 0.25) is 0 Å². The summed E-state index contributed by atoms with van der Waals surface area (Å²) in [5.41, 5.74) is 0. The smallest absolute Gasteiger partial charge is 0.191 e. The van der Waals surface area contributed by atoms with Crippen molar-refractivity contribution in [2.45, 2.75) is 59.0 Å². The summed E-state index contributed by atoms with van der Waals surface area (Å²) in [5.74, 6) is 0.898. The van der Waals surface area contributed by atoms with Crippen LogP contribution in [0.25, 0.3) is 0 Å². The summed E-state index contributed by atoms with van der Waals surface area (Å²) in [4.78, 5) is 6.78. The quantitative estimate of drug-likeness (QED) is 0.345. The highest BCUT2D eigenvalue weighted by atomic mass is 15.2. The van der Waals surface area contributed by atoms with Gasteiger partial charge in [0.1, 0.15) is 12.7 Å². The molecule has 0 radical (unpaired) electrons. The zero-order chi connectivity index (χ0) is 17.6. The number of unbranched alkanes of at least 4 members (excludes halogenated alkanes) is 1. The second-order valence-corrected chi connectivity index (χ2v) is 6.12. The Bertz CT molecular complexity index is 426. The first-order valence-corrected chi connectivity index (χ1v) is 9.21. The molecule has 24 heavy (non-hydrogen) atoms. The molecule has 1 atom stereocenters. The summed E-state index contributed by atoms with van der Waals surface area (Å²) < 4.78 is 2.00. The Morgan fingerprint density at radius 1 is 1.17 bits per heavy atom. The van der Waals surface area contributed by atoms with E-state index in [2.05, 4.69) is 51.5 Å². The van der Waals surface area contributed by atoms with Gasteiger partial charge in [-0.1, -0.05) is 13.8 Å². The molecule has 0 bridgehead atoms. The monoisotopic (exact) mass is 337 g/mol. The molecule has 1 aromatic rings. The molecule has 2 N–H and O–H groups in total. The number of hydrogen-bond acceptors (Lipinski definition) is 4. The van der Waals surface area contributed by atoms with Crippen molar-refractivity contribution >= 4 is 5.96 Å². The minimum absolute atomic E-state index is 0.434. The van der Waals surface area contributed by atoms with Crippen LogP contribution in [0.5, 0.6) is 0 Å². The number of aliphatic imine (C=N–C) groups is 1. The lowest BCUT2D eigenvalue weighted by atomic mass is 10.2. The van der Waals surface area contributed by atoms with E-state index >= 15 is 0 Å². The van der Waals surface area contributed by atoms with Crippen molar-refractivity contribution in [2.75, 3.05) is 33.2 Å². The Balaban J connectivity index is 2.10. The van der Waals surface area contributed by atoms with E-state index in [0.29, 0.717) is 6.04 Å². The average molecular weight is 338 g/mol. The molecule has 1 heterocycles. The van der Waals surface area contributed by atoms with Crippen LogP contribution in [-0.2, 0) is 6.54 Å². The minimum atomic E-state index is 0.434. The zero-order valence-corrected chi connectivity index (χ0v) is 15.8. The highest BCUT2D eigenvalue weighted by Crippen LogP contribution is 2.00. The maximum atomic E-state index is 4.31. The van der Waals surface area contributed by atoms with Crippen molar-refractivity contribution in [3.05, 3.63) is 12.7 Å². The molecule has 138 valence electrons. The van der Waals surface area contributed by atoms with Crippen LogP contribution in [0.1, 0.15) is 46.5 Å². The molecule has 0 aliphatic rings. The van der Waals surface area contributed by atoms with Crippen molar-refractivity contribution in [1.82, 2.24) is 30.3 Å². The van der Waals surface area contributed by atoms with Gasteiger partial charge in [-0.25, -0.2) is 0 Å². The molecule has 1 rings (SSSR count). The van der Waals surface area contributed by atoms with Gasteiger partial charge < -0.3 is 20.1 Å². The van der Waals surface area contributed by atoms with Crippen LogP contribution >= 0.6 is 0 Å². The van der Waals surface area contributed by atoms with Crippen molar-refractivity contribution in [1.29, 1.82) is 0 Å². The Morgan fingerprint density at radius 2 is 1.88 bits per heavy atom. The van der Waals surface area contributed by atoms with Crippen molar-refractivity contribution in [3.63, 3.8) is 0 Å². The number of aromatic nitrogens is 3. The van der Waals surface area contributed by atoms with E-state index in [9.17, 15) is 0 Å². The molecule has 1 aromatic heterocycles. The lowest BCUT2D eigenvalue weighted by Crippen LogP contribution is -2.42. The topological polar surface area (TPSA) is 70.4 Å². The zero-order valence-electron chi connectivity index (χ0n) is 15.8. The Kier molecular flexibility index (Phi) is 10.8. The van der Waals surface area contributed by atoms with Crippen LogP contribution in [0.15, 0.2) is 17.6 Å². The Morgan fingerprint density at radius 3 is 2.50 bits per heavy atom. The first kappa shape index (κ1) is 20.4. The highest BCUT2D eigenvalue weighted by molar-refractivity contribution is 5.79. The summed E-state index contributed by atoms with van der Waals surface area (Å²) in [7, 11) is 1.83. The number of nitrogens with zero attached hydrogens (tertiary/aromatic N) is 5. The molecule has 0 saturated heterocycles. The molecular formula is C17H35N7. The van der Waals surface area contributed by atoms with Crippen LogP contribution in [0.3, 0.4) is 0 Å². The highest BCUT2D eigenvalue weighted by Gasteiger charge is 2.06. The molecule has 0 fully saturated rings. The van der Waals surface area contributed by atoms with E-state index in [0.717, 1.165) is 51.4 Å². The number of rotatable bonds is 12. The van der Waals surface area contributed by atoms with E-state index in [1.165, 1.54) is 13.0 Å². The molecule has 0 aliphatic heterocycles. The van der Waals surface area contributed by atoms with Crippen molar-refractivity contribution in [3.8, 4) is 0 Å². The van der Waals surface area contributed by atoms with Crippen LogP contribution in [0.4, 0.5) is 0 Å². The fourth-order valence-corrected chi connectivity index (χ4v) is 2.62. The van der Waals surface area contributed by atoms with Crippen LogP contribution in [0, 0.1) is 0 Å². The second kappa shape index (κ2) is 12.8. The van der Waals surface area contributed by atoms with E-state index in [1.54, 1.807) is 12.7 Å². The third-order valence-corrected chi connectivity index (χ3v) is 4.21. The van der Waals surface area contributed by atoms with E-state index in [1.807, 2.05) is 11.6 Å². The average Bonchev–Trinajstić information content (AvgIpc) is 3.10. The SMILES string of the molecule is CCN(CC)CCCC(C)NC(=NC)NCCCCn1cnnc1. The van der Waals surface area contributed by atoms with Gasteiger partial charge >= 0.3 is 0 Å². The van der Waals surface area contributed by atoms with Gasteiger partial charge in [0.25, 0.3) is 0 Å². The third-order valence-electron chi connectivity index (χ3n) is 4.21. The lowest BCUT2D eigenvalue weighted by Gasteiger charge is -2.21. The van der Waals surface area contributed by atoms with Crippen molar-refractivity contribution in [2.24, 2.45) is 4.99 Å². The summed E-state index contributed by atoms with van der Waals surface area (Å²) in [6.45, 7) is 12.0. The summed E-state index contributed by atoms with van der Waals surface area (Å²) in [6, 6.07) is 0.434. The number of hydrogen-bond donors (Lipinski definition) is 2. The third kappa shape index (κ3) is 8.86. The van der Waals surface area contributed by atoms with Gasteiger partial charge in [-0.15, -0.1) is 10.2 Å². The number of nitrogens with one attached hydrogen (secondary N) is 2. The molecule has 1 unspecified atom stereocenters. The van der Waals surface area contributed by atoms with Gasteiger partial charge in [-0.05, 0) is 52.2 Å². The number of aryl methyl sites for hydroxylation is 1. The van der Waals surface area contributed by atoms with Gasteiger partial charge in [0.2, 0.25) is 0 Å². The molecular weight excluding hydrogens is 302 g/mol. The fourth-order valence-electron chi connectivity index (χ4n) is 2.62. The van der Waals surface area contributed by atoms with Gasteiger partial charge in [0.05, 0.1) is 0 Å². The van der Waals surface area contributed by atoms with E-state index in [-0.39, 0.29) is 0 Å². The molecule has 0 aliphatic carbocycles. The molecule has 7 heteroatoms. The van der Waals surface area contributed by atoms with Crippen molar-refractivity contribution < 1.29 is 0 Å². The first-order chi connectivity index (χ1) is 11.7. The summed E-state index contributed by atoms with van der Waals surface area (Å²) in [6.07, 6.45) is 8.08. The van der Waals surface area contributed by atoms with Gasteiger partial charge in [0.15, 0.2) is 5.96 Å². The fraction of sp³-hybridized carbons (Fsp3) is 0.824. The van der Waals surface area contributed by atoms with Gasteiger partial charge in [-0.2, -0.15) is 0 Å². The first-order valence-electron chi connectivity index (χ1n) is 9.21. The van der Waals surface area contributed by atoms with Crippen LogP contribution in [-0.4, -0.2) is 64.9 Å². The molecule has 0 amide bonds. The van der Waals surface area contributed by atoms with E-state index < -0.39 is 0 Å². The largest absolute Gasteiger partial charge is 0.356 e. The predicted octanol–water partition coefficient (Wildman–Crippen LogP) is 1.73. The normalized spacial score (nSPS) is 13.3. The molecule has 7 nitrogen and oxygen atoms in total. The maximum Gasteiger partial charge on any atom is 0.191 e. The minimum Gasteiger partial charge on any atom is -0.356 e. The van der Waals surface area contributed by atoms with Gasteiger partial charge in [0, 0.05) is 26.2 Å². The lowest BCUT2D eigenvalue weighted by molar-refractivity contribution is 0.292. The maximum absolute atomic E-state index is 4.31.